The smallest absolute Gasteiger partial charge is 0.308 e. The molecule has 0 aliphatic heterocycles. The Kier molecular flexibility index (Phi) is 7.15. The normalized spacial score (nSPS) is 17.9. The number of esters is 1. The quantitative estimate of drug-likeness (QED) is 0.507. The molecule has 1 fully saturated rings. The van der Waals surface area contributed by atoms with Crippen molar-refractivity contribution < 1.29 is 14.3 Å². The molecule has 1 aromatic heterocycles. The van der Waals surface area contributed by atoms with E-state index in [1.54, 1.807) is 0 Å². The lowest BCUT2D eigenvalue weighted by atomic mass is 9.86. The minimum atomic E-state index is -0.169. The zero-order valence-electron chi connectivity index (χ0n) is 20.4. The molecule has 6 heteroatoms. The highest BCUT2D eigenvalue weighted by atomic mass is 16.5. The van der Waals surface area contributed by atoms with Crippen LogP contribution in [0.4, 0.5) is 0 Å². The second-order valence-electron chi connectivity index (χ2n) is 9.16. The Morgan fingerprint density at radius 3 is 2.38 bits per heavy atom. The predicted molar refractivity (Wildman–Crippen MR) is 133 cm³/mol. The van der Waals surface area contributed by atoms with Crippen molar-refractivity contribution in [3.8, 4) is 16.9 Å². The number of carbonyl (C=O) groups is 2. The van der Waals surface area contributed by atoms with Crippen LogP contribution in [0.1, 0.15) is 59.8 Å². The molecule has 0 atom stereocenters. The largest absolute Gasteiger partial charge is 0.466 e. The molecule has 1 saturated carbocycles. The van der Waals surface area contributed by atoms with Crippen LogP contribution in [-0.4, -0.2) is 34.3 Å². The van der Waals surface area contributed by atoms with E-state index < -0.39 is 0 Å². The number of hydrogen-bond acceptors (Lipinski definition) is 4. The van der Waals surface area contributed by atoms with Gasteiger partial charge in [-0.05, 0) is 65.0 Å². The number of aromatic nitrogens is 2. The molecule has 0 radical (unpaired) electrons. The summed E-state index contributed by atoms with van der Waals surface area (Å²) in [4.78, 5) is 25.4. The highest BCUT2D eigenvalue weighted by Gasteiger charge is 2.30. The first-order valence-electron chi connectivity index (χ1n) is 12.1. The summed E-state index contributed by atoms with van der Waals surface area (Å²) in [6.45, 7) is 8.32. The average Bonchev–Trinajstić information content (AvgIpc) is 3.17. The van der Waals surface area contributed by atoms with Crippen LogP contribution in [-0.2, 0) is 9.53 Å². The van der Waals surface area contributed by atoms with Crippen LogP contribution in [0.3, 0.4) is 0 Å². The fourth-order valence-electron chi connectivity index (χ4n) is 4.85. The molecule has 1 N–H and O–H groups in total. The average molecular weight is 460 g/mol. The minimum Gasteiger partial charge on any atom is -0.466 e. The summed E-state index contributed by atoms with van der Waals surface area (Å²) in [6, 6.07) is 16.3. The molecule has 6 nitrogen and oxygen atoms in total. The third-order valence-corrected chi connectivity index (χ3v) is 6.65. The zero-order chi connectivity index (χ0) is 24.2. The van der Waals surface area contributed by atoms with E-state index in [2.05, 4.69) is 37.4 Å². The number of rotatable bonds is 6. The topological polar surface area (TPSA) is 73.2 Å². The Balaban J connectivity index is 1.61. The SMILES string of the molecule is CCOC(=O)C1CCC(NC(=O)c2nn(-c3ccc(C)cc3C)c(-c3ccccc3)c2C)CC1. The fraction of sp³-hybridized carbons (Fsp3) is 0.393. The minimum absolute atomic E-state index is 0.0315. The van der Waals surface area contributed by atoms with Crippen LogP contribution in [0.5, 0.6) is 0 Å². The molecule has 0 unspecified atom stereocenters. The van der Waals surface area contributed by atoms with E-state index in [0.29, 0.717) is 12.3 Å². The van der Waals surface area contributed by atoms with Gasteiger partial charge in [-0.15, -0.1) is 0 Å². The first-order chi connectivity index (χ1) is 16.4. The van der Waals surface area contributed by atoms with Crippen LogP contribution in [0, 0.1) is 26.7 Å². The molecule has 4 rings (SSSR count). The monoisotopic (exact) mass is 459 g/mol. The summed E-state index contributed by atoms with van der Waals surface area (Å²) in [7, 11) is 0. The maximum absolute atomic E-state index is 13.3. The van der Waals surface area contributed by atoms with Crippen LogP contribution in [0.2, 0.25) is 0 Å². The van der Waals surface area contributed by atoms with Gasteiger partial charge in [0.15, 0.2) is 5.69 Å². The van der Waals surface area contributed by atoms with Gasteiger partial charge in [0.25, 0.3) is 5.91 Å². The molecule has 1 aliphatic carbocycles. The van der Waals surface area contributed by atoms with E-state index in [-0.39, 0.29) is 23.8 Å². The number of ether oxygens (including phenoxy) is 1. The summed E-state index contributed by atoms with van der Waals surface area (Å²) in [5.41, 5.74) is 6.47. The van der Waals surface area contributed by atoms with Crippen molar-refractivity contribution in [3.05, 3.63) is 70.9 Å². The summed E-state index contributed by atoms with van der Waals surface area (Å²) < 4.78 is 7.06. The second-order valence-corrected chi connectivity index (χ2v) is 9.16. The Hall–Kier alpha value is -3.41. The van der Waals surface area contributed by atoms with Crippen LogP contribution in [0.15, 0.2) is 48.5 Å². The first kappa shape index (κ1) is 23.7. The van der Waals surface area contributed by atoms with Gasteiger partial charge in [-0.2, -0.15) is 5.10 Å². The maximum Gasteiger partial charge on any atom is 0.308 e. The van der Waals surface area contributed by atoms with Gasteiger partial charge in [-0.1, -0.05) is 48.0 Å². The maximum atomic E-state index is 13.3. The molecule has 34 heavy (non-hydrogen) atoms. The lowest BCUT2D eigenvalue weighted by Gasteiger charge is -2.27. The molecular weight excluding hydrogens is 426 g/mol. The molecule has 1 amide bonds. The standard InChI is InChI=1S/C28H33N3O3/c1-5-34-28(33)22-12-14-23(15-13-22)29-27(32)25-20(4)26(21-9-7-6-8-10-21)31(30-25)24-16-11-18(2)17-19(24)3/h6-11,16-17,22-23H,5,12-15H2,1-4H3,(H,29,32). The number of nitrogens with one attached hydrogen (secondary N) is 1. The highest BCUT2D eigenvalue weighted by Crippen LogP contribution is 2.31. The van der Waals surface area contributed by atoms with E-state index >= 15 is 0 Å². The van der Waals surface area contributed by atoms with Crippen LogP contribution < -0.4 is 5.32 Å². The van der Waals surface area contributed by atoms with E-state index in [9.17, 15) is 9.59 Å². The van der Waals surface area contributed by atoms with Crippen LogP contribution >= 0.6 is 0 Å². The molecule has 3 aromatic rings. The van der Waals surface area contributed by atoms with Gasteiger partial charge >= 0.3 is 5.97 Å². The van der Waals surface area contributed by atoms with Crippen molar-refractivity contribution in [2.75, 3.05) is 6.61 Å². The van der Waals surface area contributed by atoms with Crippen molar-refractivity contribution in [2.45, 2.75) is 59.4 Å². The van der Waals surface area contributed by atoms with Gasteiger partial charge in [0, 0.05) is 17.2 Å². The van der Waals surface area contributed by atoms with Crippen molar-refractivity contribution in [2.24, 2.45) is 5.92 Å². The summed E-state index contributed by atoms with van der Waals surface area (Å²) in [5, 5.41) is 7.98. The van der Waals surface area contributed by atoms with Gasteiger partial charge in [0.05, 0.1) is 23.9 Å². The fourth-order valence-corrected chi connectivity index (χ4v) is 4.85. The third-order valence-electron chi connectivity index (χ3n) is 6.65. The second kappa shape index (κ2) is 10.2. The number of carbonyl (C=O) groups excluding carboxylic acids is 2. The number of aryl methyl sites for hydroxylation is 2. The first-order valence-corrected chi connectivity index (χ1v) is 12.1. The van der Waals surface area contributed by atoms with Gasteiger partial charge in [0.1, 0.15) is 0 Å². The Bertz CT molecular complexity index is 1180. The van der Waals surface area contributed by atoms with Gasteiger partial charge in [-0.3, -0.25) is 9.59 Å². The van der Waals surface area contributed by atoms with Crippen LogP contribution in [0.25, 0.3) is 16.9 Å². The lowest BCUT2D eigenvalue weighted by Crippen LogP contribution is -2.39. The Morgan fingerprint density at radius 2 is 1.74 bits per heavy atom. The zero-order valence-corrected chi connectivity index (χ0v) is 20.4. The van der Waals surface area contributed by atoms with Crippen molar-refractivity contribution in [1.82, 2.24) is 15.1 Å². The molecule has 178 valence electrons. The summed E-state index contributed by atoms with van der Waals surface area (Å²) in [5.74, 6) is -0.358. The predicted octanol–water partition coefficient (Wildman–Crippen LogP) is 5.32. The molecular formula is C28H33N3O3. The third kappa shape index (κ3) is 4.91. The van der Waals surface area contributed by atoms with Gasteiger partial charge < -0.3 is 10.1 Å². The van der Waals surface area contributed by atoms with E-state index in [4.69, 9.17) is 9.84 Å². The van der Waals surface area contributed by atoms with Crippen molar-refractivity contribution in [3.63, 3.8) is 0 Å². The number of benzene rings is 2. The Labute approximate surface area is 201 Å². The summed E-state index contributed by atoms with van der Waals surface area (Å²) in [6.07, 6.45) is 2.99. The Morgan fingerprint density at radius 1 is 1.03 bits per heavy atom. The highest BCUT2D eigenvalue weighted by molar-refractivity contribution is 5.96. The van der Waals surface area contributed by atoms with E-state index in [1.807, 2.05) is 48.9 Å². The molecule has 0 spiro atoms. The van der Waals surface area contributed by atoms with Crippen molar-refractivity contribution in [1.29, 1.82) is 0 Å². The van der Waals surface area contributed by atoms with E-state index in [1.165, 1.54) is 5.56 Å². The lowest BCUT2D eigenvalue weighted by molar-refractivity contribution is -0.149. The molecule has 2 aromatic carbocycles. The molecule has 1 aliphatic rings. The number of amides is 1. The number of hydrogen-bond donors (Lipinski definition) is 1. The van der Waals surface area contributed by atoms with Gasteiger partial charge in [-0.25, -0.2) is 4.68 Å². The van der Waals surface area contributed by atoms with Crippen molar-refractivity contribution >= 4 is 11.9 Å². The molecule has 0 bridgehead atoms. The number of nitrogens with zero attached hydrogens (tertiary/aromatic N) is 2. The van der Waals surface area contributed by atoms with Gasteiger partial charge in [0.2, 0.25) is 0 Å². The molecule has 0 saturated heterocycles. The molecule has 1 heterocycles. The van der Waals surface area contributed by atoms with E-state index in [0.717, 1.165) is 53.8 Å². The summed E-state index contributed by atoms with van der Waals surface area (Å²) >= 11 is 0.